The second-order valence-corrected chi connectivity index (χ2v) is 16.7. The molecule has 1 aromatic carbocycles. The fourth-order valence-corrected chi connectivity index (χ4v) is 9.96. The van der Waals surface area contributed by atoms with E-state index in [4.69, 9.17) is 23.8 Å². The van der Waals surface area contributed by atoms with Crippen LogP contribution in [0.25, 0.3) is 0 Å². The zero-order valence-corrected chi connectivity index (χ0v) is 32.6. The second kappa shape index (κ2) is 19.9. The minimum absolute atomic E-state index is 0.100. The van der Waals surface area contributed by atoms with Gasteiger partial charge in [0.2, 0.25) is 11.8 Å². The minimum Gasteiger partial charge on any atom is -0.397 e. The van der Waals surface area contributed by atoms with Gasteiger partial charge in [0.15, 0.2) is 0 Å². The second-order valence-electron chi connectivity index (χ2n) is 15.5. The molecular formula is C43H61ClN4O2S. The molecule has 6 nitrogen and oxygen atoms in total. The molecule has 2 amide bonds. The number of nitrogen functional groups attached to an aromatic ring is 1. The highest BCUT2D eigenvalue weighted by molar-refractivity contribution is 7.08. The topological polar surface area (TPSA) is 78.7 Å². The van der Waals surface area contributed by atoms with Crippen molar-refractivity contribution in [2.24, 2.45) is 23.7 Å². The van der Waals surface area contributed by atoms with E-state index >= 15 is 0 Å². The fourth-order valence-electron chi connectivity index (χ4n) is 8.89. The standard InChI is InChI=1S/C43H61ClN4O2S/c1-4-7-13-38(10-5-2)47-22-24-48(25-23-47)43(50)36(27-33-26-34(6-3)41(45)39(44)28-33)12-9-8-11-31-14-16-32(17-15-31)18-19-35-20-21-37-29-51-30-40(37)46-42(35)49/h3-4,26,28-32,35-36,38H,1,5,7-25,27,45H2,2H3,(H,46,49)/t31?,32?,35?,36-,38?/m1/s1. The van der Waals surface area contributed by atoms with Crippen molar-refractivity contribution in [2.45, 2.75) is 122 Å². The van der Waals surface area contributed by atoms with Gasteiger partial charge in [-0.1, -0.05) is 81.9 Å². The SMILES string of the molecule is C#Cc1cc(C[C@@H](CCCCC2CCC(CCC3CCc4cscc4NC3=O)CC2)C(=O)N2CCN(C(CCC)CCC=C)CC2)cc(Cl)c1N. The highest BCUT2D eigenvalue weighted by Crippen LogP contribution is 2.37. The maximum atomic E-state index is 14.1. The number of nitrogens with one attached hydrogen (secondary N) is 1. The summed E-state index contributed by atoms with van der Waals surface area (Å²) in [6.45, 7) is 9.62. The van der Waals surface area contributed by atoms with Gasteiger partial charge < -0.3 is 16.0 Å². The Balaban J connectivity index is 1.09. The Morgan fingerprint density at radius 1 is 1.06 bits per heavy atom. The number of carbonyl (C=O) groups is 2. The van der Waals surface area contributed by atoms with E-state index in [0.717, 1.165) is 101 Å². The molecule has 2 fully saturated rings. The van der Waals surface area contributed by atoms with Crippen LogP contribution in [0.5, 0.6) is 0 Å². The molecule has 1 aromatic heterocycles. The van der Waals surface area contributed by atoms with Gasteiger partial charge in [0.25, 0.3) is 0 Å². The van der Waals surface area contributed by atoms with Gasteiger partial charge in [-0.15, -0.1) is 24.3 Å². The molecule has 1 saturated heterocycles. The molecule has 2 aliphatic heterocycles. The lowest BCUT2D eigenvalue weighted by molar-refractivity contribution is -0.138. The van der Waals surface area contributed by atoms with E-state index in [-0.39, 0.29) is 23.7 Å². The average molecular weight is 734 g/mol. The molecule has 1 saturated carbocycles. The van der Waals surface area contributed by atoms with E-state index < -0.39 is 0 Å². The molecule has 0 spiro atoms. The number of thiophene rings is 1. The Bertz CT molecular complexity index is 1480. The predicted molar refractivity (Wildman–Crippen MR) is 215 cm³/mol. The molecule has 3 heterocycles. The number of nitrogens with zero attached hydrogens (tertiary/aromatic N) is 2. The summed E-state index contributed by atoms with van der Waals surface area (Å²) >= 11 is 8.16. The van der Waals surface area contributed by atoms with E-state index in [2.05, 4.69) is 45.3 Å². The number of amides is 2. The lowest BCUT2D eigenvalue weighted by Crippen LogP contribution is -2.53. The lowest BCUT2D eigenvalue weighted by atomic mass is 9.77. The van der Waals surface area contributed by atoms with Crippen LogP contribution in [-0.4, -0.2) is 53.8 Å². The van der Waals surface area contributed by atoms with Crippen LogP contribution in [0.3, 0.4) is 0 Å². The van der Waals surface area contributed by atoms with Gasteiger partial charge in [0.05, 0.1) is 16.4 Å². The van der Waals surface area contributed by atoms with Crippen LogP contribution < -0.4 is 11.1 Å². The average Bonchev–Trinajstić information content (AvgIpc) is 3.53. The largest absolute Gasteiger partial charge is 0.397 e. The van der Waals surface area contributed by atoms with Crippen LogP contribution in [-0.2, 0) is 22.4 Å². The third-order valence-corrected chi connectivity index (χ3v) is 13.2. The molecule has 3 aliphatic rings. The summed E-state index contributed by atoms with van der Waals surface area (Å²) in [5, 5.41) is 7.88. The summed E-state index contributed by atoms with van der Waals surface area (Å²) < 4.78 is 0. The number of terminal acetylenes is 1. The summed E-state index contributed by atoms with van der Waals surface area (Å²) in [4.78, 5) is 31.7. The van der Waals surface area contributed by atoms with E-state index in [0.29, 0.717) is 28.7 Å². The van der Waals surface area contributed by atoms with E-state index in [1.165, 1.54) is 56.9 Å². The summed E-state index contributed by atoms with van der Waals surface area (Å²) in [5.41, 5.74) is 10.5. The van der Waals surface area contributed by atoms with E-state index in [9.17, 15) is 9.59 Å². The van der Waals surface area contributed by atoms with Gasteiger partial charge in [-0.05, 0) is 98.3 Å². The van der Waals surface area contributed by atoms with Crippen molar-refractivity contribution in [1.29, 1.82) is 0 Å². The first kappa shape index (κ1) is 39.4. The summed E-state index contributed by atoms with van der Waals surface area (Å²) in [6.07, 6.45) is 26.5. The van der Waals surface area contributed by atoms with Crippen LogP contribution in [0.1, 0.15) is 120 Å². The number of piperazine rings is 1. The first-order chi connectivity index (χ1) is 24.8. The Morgan fingerprint density at radius 2 is 1.80 bits per heavy atom. The monoisotopic (exact) mass is 732 g/mol. The zero-order chi connectivity index (χ0) is 36.2. The molecule has 8 heteroatoms. The van der Waals surface area contributed by atoms with E-state index in [1.54, 1.807) is 11.3 Å². The highest BCUT2D eigenvalue weighted by atomic mass is 35.5. The molecule has 2 unspecified atom stereocenters. The Kier molecular flexibility index (Phi) is 15.4. The number of hydrogen-bond acceptors (Lipinski definition) is 5. The first-order valence-electron chi connectivity index (χ1n) is 19.8. The molecule has 1 aliphatic carbocycles. The van der Waals surface area contributed by atoms with Gasteiger partial charge >= 0.3 is 0 Å². The molecule has 2 aromatic rings. The van der Waals surface area contributed by atoms with Crippen molar-refractivity contribution in [3.8, 4) is 12.3 Å². The third kappa shape index (κ3) is 11.1. The molecule has 5 rings (SSSR count). The lowest BCUT2D eigenvalue weighted by Gasteiger charge is -2.40. The number of aryl methyl sites for hydroxylation is 1. The quantitative estimate of drug-likeness (QED) is 0.0735. The molecule has 0 bridgehead atoms. The number of halogens is 1. The van der Waals surface area contributed by atoms with E-state index in [1.807, 2.05) is 18.2 Å². The molecular weight excluding hydrogens is 672 g/mol. The summed E-state index contributed by atoms with van der Waals surface area (Å²) in [6, 6.07) is 4.40. The normalized spacial score (nSPS) is 22.3. The van der Waals surface area contributed by atoms with Crippen molar-refractivity contribution < 1.29 is 9.59 Å². The number of nitrogens with two attached hydrogens (primary N) is 1. The van der Waals surface area contributed by atoms with Crippen LogP contribution in [0.15, 0.2) is 35.5 Å². The zero-order valence-electron chi connectivity index (χ0n) is 31.0. The molecule has 51 heavy (non-hydrogen) atoms. The van der Waals surface area contributed by atoms with Crippen molar-refractivity contribution in [3.63, 3.8) is 0 Å². The molecule has 3 N–H and O–H groups in total. The van der Waals surface area contributed by atoms with Crippen LogP contribution in [0.4, 0.5) is 11.4 Å². The van der Waals surface area contributed by atoms with Crippen LogP contribution in [0.2, 0.25) is 5.02 Å². The third-order valence-electron chi connectivity index (χ3n) is 12.1. The number of rotatable bonds is 17. The summed E-state index contributed by atoms with van der Waals surface area (Å²) in [7, 11) is 0. The minimum atomic E-state index is -0.100. The fraction of sp³-hybridized carbons (Fsp3) is 0.628. The molecule has 278 valence electrons. The predicted octanol–water partition coefficient (Wildman–Crippen LogP) is 9.75. The van der Waals surface area contributed by atoms with Gasteiger partial charge in [-0.3, -0.25) is 14.5 Å². The smallest absolute Gasteiger partial charge is 0.227 e. The Labute approximate surface area is 316 Å². The number of anilines is 2. The van der Waals surface area contributed by atoms with Gasteiger partial charge in [-0.2, -0.15) is 0 Å². The molecule has 0 radical (unpaired) electrons. The Hall–Kier alpha value is -2.79. The number of unbranched alkanes of at least 4 members (excludes halogenated alkanes) is 1. The van der Waals surface area contributed by atoms with Crippen molar-refractivity contribution in [3.05, 3.63) is 57.3 Å². The number of hydrogen-bond donors (Lipinski definition) is 2. The van der Waals surface area contributed by atoms with Crippen LogP contribution in [0, 0.1) is 36.0 Å². The first-order valence-corrected chi connectivity index (χ1v) is 21.2. The maximum Gasteiger partial charge on any atom is 0.227 e. The van der Waals surface area contributed by atoms with Crippen LogP contribution >= 0.6 is 22.9 Å². The number of benzene rings is 1. The highest BCUT2D eigenvalue weighted by Gasteiger charge is 2.31. The summed E-state index contributed by atoms with van der Waals surface area (Å²) in [5.74, 6) is 4.71. The van der Waals surface area contributed by atoms with Gasteiger partial charge in [-0.25, -0.2) is 0 Å². The number of allylic oxidation sites excluding steroid dienone is 1. The Morgan fingerprint density at radius 3 is 2.51 bits per heavy atom. The number of carbonyl (C=O) groups excluding carboxylic acids is 2. The van der Waals surface area contributed by atoms with Crippen molar-refractivity contribution >= 4 is 46.1 Å². The molecule has 3 atom stereocenters. The van der Waals surface area contributed by atoms with Crippen molar-refractivity contribution in [2.75, 3.05) is 37.2 Å². The maximum absolute atomic E-state index is 14.1. The number of fused-ring (bicyclic) bond motifs is 1. The van der Waals surface area contributed by atoms with Gasteiger partial charge in [0.1, 0.15) is 0 Å². The van der Waals surface area contributed by atoms with Crippen molar-refractivity contribution in [1.82, 2.24) is 9.80 Å². The van der Waals surface area contributed by atoms with Gasteiger partial charge in [0, 0.05) is 55.0 Å².